The summed E-state index contributed by atoms with van der Waals surface area (Å²) >= 11 is 0. The highest BCUT2D eigenvalue weighted by Gasteiger charge is 2.14. The second kappa shape index (κ2) is 12.0. The molecule has 1 atom stereocenters. The van der Waals surface area contributed by atoms with Gasteiger partial charge in [0.1, 0.15) is 11.6 Å². The molecule has 1 aliphatic heterocycles. The Balaban J connectivity index is 0.00000261. The van der Waals surface area contributed by atoms with Gasteiger partial charge in [0.15, 0.2) is 5.96 Å². The Morgan fingerprint density at radius 2 is 2.04 bits per heavy atom. The van der Waals surface area contributed by atoms with E-state index in [0.29, 0.717) is 24.6 Å². The summed E-state index contributed by atoms with van der Waals surface area (Å²) in [6.07, 6.45) is 6.01. The summed E-state index contributed by atoms with van der Waals surface area (Å²) in [5.74, 6) is 1.34. The van der Waals surface area contributed by atoms with Gasteiger partial charge < -0.3 is 19.8 Å². The summed E-state index contributed by atoms with van der Waals surface area (Å²) in [4.78, 5) is 4.53. The average Bonchev–Trinajstić information content (AvgIpc) is 3.19. The van der Waals surface area contributed by atoms with Crippen molar-refractivity contribution in [2.75, 3.05) is 19.7 Å². The highest BCUT2D eigenvalue weighted by Crippen LogP contribution is 2.11. The minimum atomic E-state index is -0.234. The van der Waals surface area contributed by atoms with E-state index in [1.807, 2.05) is 18.2 Å². The third-order valence-electron chi connectivity index (χ3n) is 4.38. The normalized spacial score (nSPS) is 17.2. The van der Waals surface area contributed by atoms with E-state index in [2.05, 4.69) is 15.6 Å². The fourth-order valence-electron chi connectivity index (χ4n) is 2.90. The molecule has 7 heteroatoms. The number of hydrogen-bond donors (Lipinski definition) is 2. The third kappa shape index (κ3) is 7.50. The highest BCUT2D eigenvalue weighted by atomic mass is 127. The van der Waals surface area contributed by atoms with Crippen molar-refractivity contribution >= 4 is 29.9 Å². The molecule has 27 heavy (non-hydrogen) atoms. The van der Waals surface area contributed by atoms with Crippen LogP contribution in [0.15, 0.2) is 52.1 Å². The molecule has 5 nitrogen and oxygen atoms in total. The van der Waals surface area contributed by atoms with E-state index in [-0.39, 0.29) is 42.4 Å². The first-order valence-electron chi connectivity index (χ1n) is 9.21. The minimum Gasteiger partial charge on any atom is -0.469 e. The number of nitrogens with one attached hydrogen (secondary N) is 2. The molecule has 1 aromatic carbocycles. The Labute approximate surface area is 176 Å². The molecule has 2 N–H and O–H groups in total. The first-order chi connectivity index (χ1) is 12.8. The van der Waals surface area contributed by atoms with Crippen molar-refractivity contribution in [3.63, 3.8) is 0 Å². The fraction of sp³-hybridized carbons (Fsp3) is 0.450. The molecule has 2 heterocycles. The zero-order valence-electron chi connectivity index (χ0n) is 15.3. The van der Waals surface area contributed by atoms with Crippen LogP contribution in [0.3, 0.4) is 0 Å². The molecular formula is C20H27FIN3O2. The Morgan fingerprint density at radius 1 is 1.15 bits per heavy atom. The number of aliphatic imine (C=N–C) groups is 1. The lowest BCUT2D eigenvalue weighted by Gasteiger charge is -2.23. The van der Waals surface area contributed by atoms with Crippen molar-refractivity contribution < 1.29 is 13.5 Å². The number of ether oxygens (including phenoxy) is 1. The molecule has 1 fully saturated rings. The van der Waals surface area contributed by atoms with E-state index >= 15 is 0 Å². The van der Waals surface area contributed by atoms with Gasteiger partial charge in [0.25, 0.3) is 0 Å². The lowest BCUT2D eigenvalue weighted by molar-refractivity contribution is 0.0194. The summed E-state index contributed by atoms with van der Waals surface area (Å²) in [6.45, 7) is 2.49. The molecule has 0 aliphatic carbocycles. The molecule has 1 unspecified atom stereocenters. The van der Waals surface area contributed by atoms with E-state index in [9.17, 15) is 4.39 Å². The number of halogens is 2. The third-order valence-corrected chi connectivity index (χ3v) is 4.38. The van der Waals surface area contributed by atoms with Crippen molar-refractivity contribution in [3.05, 3.63) is 59.8 Å². The van der Waals surface area contributed by atoms with Gasteiger partial charge in [-0.2, -0.15) is 0 Å². The van der Waals surface area contributed by atoms with Gasteiger partial charge in [-0.05, 0) is 37.5 Å². The second-order valence-electron chi connectivity index (χ2n) is 6.38. The van der Waals surface area contributed by atoms with Crippen molar-refractivity contribution in [3.8, 4) is 0 Å². The maximum absolute atomic E-state index is 13.8. The average molecular weight is 487 g/mol. The van der Waals surface area contributed by atoms with Crippen LogP contribution in [-0.2, 0) is 17.7 Å². The highest BCUT2D eigenvalue weighted by molar-refractivity contribution is 14.0. The van der Waals surface area contributed by atoms with E-state index in [0.717, 1.165) is 31.6 Å². The van der Waals surface area contributed by atoms with Crippen LogP contribution < -0.4 is 10.6 Å². The van der Waals surface area contributed by atoms with Crippen LogP contribution in [0.1, 0.15) is 30.6 Å². The summed E-state index contributed by atoms with van der Waals surface area (Å²) < 4.78 is 24.9. The molecule has 0 amide bonds. The molecule has 1 saturated heterocycles. The molecule has 0 saturated carbocycles. The van der Waals surface area contributed by atoms with E-state index < -0.39 is 0 Å². The summed E-state index contributed by atoms with van der Waals surface area (Å²) in [7, 11) is 0. The maximum Gasteiger partial charge on any atom is 0.191 e. The van der Waals surface area contributed by atoms with Crippen LogP contribution in [0.2, 0.25) is 0 Å². The number of nitrogens with zero attached hydrogens (tertiary/aromatic N) is 1. The van der Waals surface area contributed by atoms with E-state index in [4.69, 9.17) is 9.15 Å². The number of benzene rings is 1. The Morgan fingerprint density at radius 3 is 2.78 bits per heavy atom. The Hall–Kier alpha value is -1.61. The fourth-order valence-corrected chi connectivity index (χ4v) is 2.90. The summed E-state index contributed by atoms with van der Waals surface area (Å²) in [6, 6.07) is 10.5. The maximum atomic E-state index is 13.8. The van der Waals surface area contributed by atoms with E-state index in [1.165, 1.54) is 12.5 Å². The summed E-state index contributed by atoms with van der Waals surface area (Å²) in [5, 5.41) is 6.61. The monoisotopic (exact) mass is 487 g/mol. The van der Waals surface area contributed by atoms with Crippen molar-refractivity contribution in [1.29, 1.82) is 0 Å². The van der Waals surface area contributed by atoms with Crippen LogP contribution >= 0.6 is 24.0 Å². The molecular weight excluding hydrogens is 460 g/mol. The van der Waals surface area contributed by atoms with E-state index in [1.54, 1.807) is 18.4 Å². The number of hydrogen-bond acceptors (Lipinski definition) is 3. The quantitative estimate of drug-likeness (QED) is 0.354. The van der Waals surface area contributed by atoms with Crippen LogP contribution in [0.25, 0.3) is 0 Å². The number of furan rings is 1. The van der Waals surface area contributed by atoms with Gasteiger partial charge >= 0.3 is 0 Å². The van der Waals surface area contributed by atoms with Gasteiger partial charge in [-0.1, -0.05) is 18.2 Å². The van der Waals surface area contributed by atoms with Gasteiger partial charge in [0.2, 0.25) is 0 Å². The molecule has 0 radical (unpaired) electrons. The largest absolute Gasteiger partial charge is 0.469 e. The minimum absolute atomic E-state index is 0. The topological polar surface area (TPSA) is 58.8 Å². The molecule has 1 aliphatic rings. The predicted molar refractivity (Wildman–Crippen MR) is 115 cm³/mol. The van der Waals surface area contributed by atoms with Crippen molar-refractivity contribution in [2.24, 2.45) is 4.99 Å². The van der Waals surface area contributed by atoms with Gasteiger partial charge in [0.05, 0.1) is 18.9 Å². The zero-order valence-corrected chi connectivity index (χ0v) is 17.7. The Kier molecular flexibility index (Phi) is 9.61. The molecule has 3 rings (SSSR count). The molecule has 2 aromatic rings. The second-order valence-corrected chi connectivity index (χ2v) is 6.38. The van der Waals surface area contributed by atoms with Crippen LogP contribution in [0.5, 0.6) is 0 Å². The molecule has 1 aromatic heterocycles. The van der Waals surface area contributed by atoms with Gasteiger partial charge in [-0.3, -0.25) is 0 Å². The van der Waals surface area contributed by atoms with Gasteiger partial charge in [-0.25, -0.2) is 9.38 Å². The Bertz CT molecular complexity index is 688. The predicted octanol–water partition coefficient (Wildman–Crippen LogP) is 3.88. The van der Waals surface area contributed by atoms with Crippen LogP contribution in [0.4, 0.5) is 4.39 Å². The smallest absolute Gasteiger partial charge is 0.191 e. The first kappa shape index (κ1) is 21.7. The van der Waals surface area contributed by atoms with Crippen LogP contribution in [-0.4, -0.2) is 31.8 Å². The first-order valence-corrected chi connectivity index (χ1v) is 9.21. The standard InChI is InChI=1S/C20H26FN3O2.HI/c21-19-9-2-1-6-16(19)14-23-20(22-11-10-17-8-5-13-25-17)24-15-18-7-3-4-12-26-18;/h1-2,5-6,8-9,13,18H,3-4,7,10-12,14-15H2,(H2,22,23,24);1H. The summed E-state index contributed by atoms with van der Waals surface area (Å²) in [5.41, 5.74) is 0.577. The lowest BCUT2D eigenvalue weighted by Crippen LogP contribution is -2.43. The van der Waals surface area contributed by atoms with Gasteiger partial charge in [0, 0.05) is 31.7 Å². The lowest BCUT2D eigenvalue weighted by atomic mass is 10.1. The zero-order chi connectivity index (χ0) is 18.0. The van der Waals surface area contributed by atoms with Gasteiger partial charge in [-0.15, -0.1) is 24.0 Å². The molecule has 0 bridgehead atoms. The number of guanidine groups is 1. The number of rotatable bonds is 7. The van der Waals surface area contributed by atoms with Crippen molar-refractivity contribution in [2.45, 2.75) is 38.3 Å². The molecule has 0 spiro atoms. The SMILES string of the molecule is Fc1ccccc1CN=C(NCCc1ccco1)NCC1CCCCO1.I. The molecule has 148 valence electrons. The van der Waals surface area contributed by atoms with Crippen LogP contribution in [0, 0.1) is 5.82 Å². The van der Waals surface area contributed by atoms with Crippen molar-refractivity contribution in [1.82, 2.24) is 10.6 Å².